The molecule has 0 spiro atoms. The molecule has 0 saturated carbocycles. The second-order valence-corrected chi connectivity index (χ2v) is 5.43. The molecule has 3 rings (SSSR count). The van der Waals surface area contributed by atoms with E-state index in [1.165, 1.54) is 5.56 Å². The Morgan fingerprint density at radius 3 is 2.96 bits per heavy atom. The predicted molar refractivity (Wildman–Crippen MR) is 90.2 cm³/mol. The van der Waals surface area contributed by atoms with Crippen LogP contribution < -0.4 is 15.0 Å². The number of hydrogen-bond donors (Lipinski definition) is 1. The van der Waals surface area contributed by atoms with Crippen LogP contribution in [0.1, 0.15) is 5.56 Å². The minimum atomic E-state index is 0.564. The van der Waals surface area contributed by atoms with Crippen molar-refractivity contribution in [3.8, 4) is 5.75 Å². The van der Waals surface area contributed by atoms with Gasteiger partial charge in [0, 0.05) is 19.3 Å². The third kappa shape index (κ3) is 4.56. The van der Waals surface area contributed by atoms with E-state index in [1.807, 2.05) is 24.3 Å². The van der Waals surface area contributed by atoms with Crippen molar-refractivity contribution in [2.75, 3.05) is 49.7 Å². The lowest BCUT2D eigenvalue weighted by molar-refractivity contribution is 0.122. The lowest BCUT2D eigenvalue weighted by Crippen LogP contribution is -2.36. The molecule has 0 atom stereocenters. The first-order chi connectivity index (χ1) is 11.3. The summed E-state index contributed by atoms with van der Waals surface area (Å²) >= 11 is 0. The maximum atomic E-state index is 5.71. The Bertz CT molecular complexity index is 629. The van der Waals surface area contributed by atoms with E-state index in [0.29, 0.717) is 19.1 Å². The predicted octanol–water partition coefficient (Wildman–Crippen LogP) is 2.11. The summed E-state index contributed by atoms with van der Waals surface area (Å²) in [6, 6.07) is 9.96. The average Bonchev–Trinajstić information content (AvgIpc) is 2.60. The molecule has 2 aromatic rings. The van der Waals surface area contributed by atoms with Gasteiger partial charge >= 0.3 is 0 Å². The maximum Gasteiger partial charge on any atom is 0.224 e. The number of anilines is 2. The SMILES string of the molecule is Cc1cccc(OCCNc2nccc(N3CCOCC3)n2)c1. The van der Waals surface area contributed by atoms with Crippen LogP contribution in [-0.4, -0.2) is 49.4 Å². The van der Waals surface area contributed by atoms with E-state index < -0.39 is 0 Å². The van der Waals surface area contributed by atoms with Crippen molar-refractivity contribution in [3.05, 3.63) is 42.1 Å². The fourth-order valence-electron chi connectivity index (χ4n) is 2.44. The van der Waals surface area contributed by atoms with Gasteiger partial charge in [0.2, 0.25) is 5.95 Å². The van der Waals surface area contributed by atoms with Gasteiger partial charge in [-0.1, -0.05) is 12.1 Å². The molecule has 1 aromatic heterocycles. The van der Waals surface area contributed by atoms with Crippen LogP contribution in [0.4, 0.5) is 11.8 Å². The quantitative estimate of drug-likeness (QED) is 0.824. The van der Waals surface area contributed by atoms with Gasteiger partial charge in [-0.3, -0.25) is 0 Å². The van der Waals surface area contributed by atoms with Crippen molar-refractivity contribution in [2.24, 2.45) is 0 Å². The van der Waals surface area contributed by atoms with Crippen molar-refractivity contribution in [2.45, 2.75) is 6.92 Å². The molecule has 0 aliphatic carbocycles. The van der Waals surface area contributed by atoms with Gasteiger partial charge in [0.25, 0.3) is 0 Å². The molecule has 0 radical (unpaired) electrons. The highest BCUT2D eigenvalue weighted by atomic mass is 16.5. The van der Waals surface area contributed by atoms with E-state index in [-0.39, 0.29) is 0 Å². The molecule has 1 N–H and O–H groups in total. The standard InChI is InChI=1S/C17H22N4O2/c1-14-3-2-4-15(13-14)23-10-7-19-17-18-6-5-16(20-17)21-8-11-22-12-9-21/h2-6,13H,7-12H2,1H3,(H,18,19,20). The molecule has 2 heterocycles. The number of nitrogens with one attached hydrogen (secondary N) is 1. The van der Waals surface area contributed by atoms with Crippen molar-refractivity contribution in [1.29, 1.82) is 0 Å². The second kappa shape index (κ2) is 7.78. The largest absolute Gasteiger partial charge is 0.492 e. The molecule has 1 aliphatic rings. The van der Waals surface area contributed by atoms with E-state index in [0.717, 1.165) is 37.9 Å². The average molecular weight is 314 g/mol. The summed E-state index contributed by atoms with van der Waals surface area (Å²) in [6.07, 6.45) is 1.78. The van der Waals surface area contributed by atoms with Crippen LogP contribution in [0.3, 0.4) is 0 Å². The van der Waals surface area contributed by atoms with Gasteiger partial charge in [-0.15, -0.1) is 0 Å². The Labute approximate surface area is 136 Å². The fourth-order valence-corrected chi connectivity index (χ4v) is 2.44. The van der Waals surface area contributed by atoms with Gasteiger partial charge in [0.15, 0.2) is 0 Å². The summed E-state index contributed by atoms with van der Waals surface area (Å²) < 4.78 is 11.1. The van der Waals surface area contributed by atoms with E-state index in [1.54, 1.807) is 6.20 Å². The van der Waals surface area contributed by atoms with Crippen molar-refractivity contribution in [1.82, 2.24) is 9.97 Å². The van der Waals surface area contributed by atoms with Crippen molar-refractivity contribution >= 4 is 11.8 Å². The highest BCUT2D eigenvalue weighted by Gasteiger charge is 2.12. The van der Waals surface area contributed by atoms with Gasteiger partial charge in [0.1, 0.15) is 18.2 Å². The number of morpholine rings is 1. The monoisotopic (exact) mass is 314 g/mol. The van der Waals surface area contributed by atoms with E-state index in [2.05, 4.69) is 33.2 Å². The number of rotatable bonds is 6. The summed E-state index contributed by atoms with van der Waals surface area (Å²) in [4.78, 5) is 11.0. The molecular weight excluding hydrogens is 292 g/mol. The molecule has 122 valence electrons. The van der Waals surface area contributed by atoms with Crippen LogP contribution in [0, 0.1) is 6.92 Å². The molecular formula is C17H22N4O2. The maximum absolute atomic E-state index is 5.71. The topological polar surface area (TPSA) is 59.5 Å². The smallest absolute Gasteiger partial charge is 0.224 e. The van der Waals surface area contributed by atoms with Crippen LogP contribution in [0.15, 0.2) is 36.5 Å². The highest BCUT2D eigenvalue weighted by Crippen LogP contribution is 2.14. The van der Waals surface area contributed by atoms with Crippen molar-refractivity contribution in [3.63, 3.8) is 0 Å². The number of benzene rings is 1. The summed E-state index contributed by atoms with van der Waals surface area (Å²) in [5.41, 5.74) is 1.19. The Morgan fingerprint density at radius 1 is 1.26 bits per heavy atom. The van der Waals surface area contributed by atoms with E-state index in [4.69, 9.17) is 9.47 Å². The summed E-state index contributed by atoms with van der Waals surface area (Å²) in [7, 11) is 0. The lowest BCUT2D eigenvalue weighted by atomic mass is 10.2. The van der Waals surface area contributed by atoms with Crippen LogP contribution in [0.25, 0.3) is 0 Å². The highest BCUT2D eigenvalue weighted by molar-refractivity contribution is 5.42. The zero-order valence-corrected chi connectivity index (χ0v) is 13.4. The number of aryl methyl sites for hydroxylation is 1. The fraction of sp³-hybridized carbons (Fsp3) is 0.412. The first kappa shape index (κ1) is 15.6. The molecule has 6 nitrogen and oxygen atoms in total. The molecule has 0 unspecified atom stereocenters. The normalized spacial score (nSPS) is 14.6. The Balaban J connectivity index is 1.48. The third-order valence-electron chi connectivity index (χ3n) is 3.62. The minimum absolute atomic E-state index is 0.564. The van der Waals surface area contributed by atoms with Crippen LogP contribution in [0.2, 0.25) is 0 Å². The Kier molecular flexibility index (Phi) is 5.26. The number of hydrogen-bond acceptors (Lipinski definition) is 6. The van der Waals surface area contributed by atoms with Gasteiger partial charge in [-0.05, 0) is 30.7 Å². The molecule has 23 heavy (non-hydrogen) atoms. The number of ether oxygens (including phenoxy) is 2. The molecule has 0 amide bonds. The lowest BCUT2D eigenvalue weighted by Gasteiger charge is -2.27. The van der Waals surface area contributed by atoms with Gasteiger partial charge in [0.05, 0.1) is 19.8 Å². The van der Waals surface area contributed by atoms with Gasteiger partial charge in [-0.2, -0.15) is 4.98 Å². The molecule has 0 bridgehead atoms. The second-order valence-electron chi connectivity index (χ2n) is 5.43. The molecule has 6 heteroatoms. The zero-order valence-electron chi connectivity index (χ0n) is 13.4. The first-order valence-corrected chi connectivity index (χ1v) is 7.90. The number of aromatic nitrogens is 2. The Morgan fingerprint density at radius 2 is 2.13 bits per heavy atom. The molecule has 1 saturated heterocycles. The molecule has 1 aliphatic heterocycles. The summed E-state index contributed by atoms with van der Waals surface area (Å²) in [5, 5.41) is 3.20. The van der Waals surface area contributed by atoms with Gasteiger partial charge < -0.3 is 19.7 Å². The van der Waals surface area contributed by atoms with Crippen molar-refractivity contribution < 1.29 is 9.47 Å². The van der Waals surface area contributed by atoms with Crippen LogP contribution in [0.5, 0.6) is 5.75 Å². The summed E-state index contributed by atoms with van der Waals surface area (Å²) in [6.45, 7) is 6.50. The zero-order chi connectivity index (χ0) is 15.9. The molecule has 1 aromatic carbocycles. The van der Waals surface area contributed by atoms with Crippen LogP contribution >= 0.6 is 0 Å². The van der Waals surface area contributed by atoms with E-state index >= 15 is 0 Å². The van der Waals surface area contributed by atoms with Crippen LogP contribution in [-0.2, 0) is 4.74 Å². The first-order valence-electron chi connectivity index (χ1n) is 7.90. The van der Waals surface area contributed by atoms with E-state index in [9.17, 15) is 0 Å². The minimum Gasteiger partial charge on any atom is -0.492 e. The number of nitrogens with zero attached hydrogens (tertiary/aromatic N) is 3. The third-order valence-corrected chi connectivity index (χ3v) is 3.62. The summed E-state index contributed by atoms with van der Waals surface area (Å²) in [5.74, 6) is 2.45. The molecule has 1 fully saturated rings. The Hall–Kier alpha value is -2.34. The van der Waals surface area contributed by atoms with Gasteiger partial charge in [-0.25, -0.2) is 4.98 Å².